The van der Waals surface area contributed by atoms with Crippen LogP contribution in [0.5, 0.6) is 0 Å². The average molecular weight is 709 g/mol. The fourth-order valence-electron chi connectivity index (χ4n) is 7.37. The average Bonchev–Trinajstić information content (AvgIpc) is 3.29. The summed E-state index contributed by atoms with van der Waals surface area (Å²) in [4.78, 5) is 46.6. The third-order valence-corrected chi connectivity index (χ3v) is 9.89. The normalized spacial score (nSPS) is 17.2. The molecule has 3 heterocycles. The fraction of sp³-hybridized carbons (Fsp3) is 0.500. The molecule has 3 atom stereocenters. The van der Waals surface area contributed by atoms with Crippen LogP contribution in [0.1, 0.15) is 97.4 Å². The molecule has 0 aliphatic carbocycles. The Bertz CT molecular complexity index is 1670. The van der Waals surface area contributed by atoms with Gasteiger partial charge >= 0.3 is 5.97 Å². The van der Waals surface area contributed by atoms with E-state index in [4.69, 9.17) is 9.90 Å². The number of aliphatic carboxylic acids is 1. The molecule has 0 spiro atoms. The van der Waals surface area contributed by atoms with Crippen molar-refractivity contribution in [3.05, 3.63) is 92.4 Å². The summed E-state index contributed by atoms with van der Waals surface area (Å²) in [7, 11) is 1.60. The van der Waals surface area contributed by atoms with Crippen LogP contribution < -0.4 is 16.2 Å². The van der Waals surface area contributed by atoms with Crippen molar-refractivity contribution in [2.75, 3.05) is 20.1 Å². The van der Waals surface area contributed by atoms with Gasteiger partial charge in [-0.15, -0.1) is 0 Å². The van der Waals surface area contributed by atoms with E-state index in [0.29, 0.717) is 42.2 Å². The lowest BCUT2D eigenvalue weighted by Crippen LogP contribution is -2.42. The molecule has 2 bridgehead atoms. The van der Waals surface area contributed by atoms with Gasteiger partial charge in [-0.1, -0.05) is 20.3 Å². The van der Waals surface area contributed by atoms with E-state index < -0.39 is 17.8 Å². The second-order valence-corrected chi connectivity index (χ2v) is 14.0. The Morgan fingerprint density at radius 1 is 0.961 bits per heavy atom. The number of carbonyl (C=O) groups excluding carboxylic acids is 2. The van der Waals surface area contributed by atoms with Gasteiger partial charge in [-0.2, -0.15) is 0 Å². The van der Waals surface area contributed by atoms with Gasteiger partial charge in [0.2, 0.25) is 0 Å². The van der Waals surface area contributed by atoms with E-state index in [1.165, 1.54) is 44.2 Å². The van der Waals surface area contributed by atoms with Gasteiger partial charge in [0.05, 0.1) is 6.42 Å². The summed E-state index contributed by atoms with van der Waals surface area (Å²) >= 11 is 0. The number of fused-ring (bicyclic) bond motifs is 2. The van der Waals surface area contributed by atoms with Crippen LogP contribution in [-0.4, -0.2) is 65.5 Å². The third kappa shape index (κ3) is 10.9. The molecule has 2 fully saturated rings. The summed E-state index contributed by atoms with van der Waals surface area (Å²) in [6.45, 7) is 13.7. The molecule has 1 aromatic heterocycles. The highest BCUT2D eigenvalue weighted by atomic mass is 19.1. The summed E-state index contributed by atoms with van der Waals surface area (Å²) in [6, 6.07) is 10.5. The van der Waals surface area contributed by atoms with Crippen molar-refractivity contribution in [2.45, 2.75) is 104 Å². The zero-order chi connectivity index (χ0) is 37.8. The molecular weight excluding hydrogens is 654 g/mol. The minimum atomic E-state index is -1.01. The summed E-state index contributed by atoms with van der Waals surface area (Å²) in [5.41, 5.74) is 3.92. The molecule has 5 rings (SSSR count). The van der Waals surface area contributed by atoms with Gasteiger partial charge in [0, 0.05) is 49.5 Å². The van der Waals surface area contributed by atoms with Crippen LogP contribution in [-0.2, 0) is 16.1 Å². The molecule has 1 amide bonds. The van der Waals surface area contributed by atoms with Gasteiger partial charge < -0.3 is 25.1 Å². The van der Waals surface area contributed by atoms with Crippen LogP contribution in [0.3, 0.4) is 0 Å². The highest BCUT2D eigenvalue weighted by Crippen LogP contribution is 2.35. The molecule has 2 aliphatic rings. The monoisotopic (exact) mass is 708 g/mol. The van der Waals surface area contributed by atoms with Gasteiger partial charge in [-0.3, -0.25) is 19.3 Å². The Morgan fingerprint density at radius 3 is 2.16 bits per heavy atom. The maximum atomic E-state index is 14.6. The number of pyridine rings is 1. The zero-order valence-electron chi connectivity index (χ0n) is 30.9. The molecule has 51 heavy (non-hydrogen) atoms. The molecule has 3 unspecified atom stereocenters. The number of amides is 1. The number of hydrogen-bond donors (Lipinski definition) is 3. The lowest BCUT2D eigenvalue weighted by Gasteiger charge is -2.34. The molecule has 11 heteroatoms. The predicted molar refractivity (Wildman–Crippen MR) is 197 cm³/mol. The predicted octanol–water partition coefficient (Wildman–Crippen LogP) is 6.75. The Kier molecular flexibility index (Phi) is 15.7. The van der Waals surface area contributed by atoms with E-state index in [-0.39, 0.29) is 29.3 Å². The molecule has 2 aliphatic heterocycles. The number of carboxylic acid groups (broad SMARTS) is 1. The van der Waals surface area contributed by atoms with E-state index in [9.17, 15) is 23.2 Å². The van der Waals surface area contributed by atoms with Crippen LogP contribution in [0.25, 0.3) is 11.1 Å². The number of nitrogens with zero attached hydrogens (tertiary/aromatic N) is 2. The number of halogens is 2. The van der Waals surface area contributed by atoms with E-state index >= 15 is 0 Å². The molecule has 0 saturated carbocycles. The van der Waals surface area contributed by atoms with Crippen LogP contribution in [0.15, 0.2) is 47.4 Å². The number of aromatic nitrogens is 1. The van der Waals surface area contributed by atoms with Gasteiger partial charge in [0.1, 0.15) is 24.0 Å². The van der Waals surface area contributed by atoms with Crippen molar-refractivity contribution in [2.24, 2.45) is 5.92 Å². The van der Waals surface area contributed by atoms with Crippen molar-refractivity contribution in [1.82, 2.24) is 20.1 Å². The van der Waals surface area contributed by atoms with Crippen molar-refractivity contribution >= 4 is 18.7 Å². The first-order valence-electron chi connectivity index (χ1n) is 17.8. The van der Waals surface area contributed by atoms with Crippen LogP contribution in [0.2, 0.25) is 0 Å². The molecular formula is C40H54F2N4O5. The summed E-state index contributed by atoms with van der Waals surface area (Å²) in [6.07, 6.45) is 9.04. The van der Waals surface area contributed by atoms with Gasteiger partial charge in [-0.25, -0.2) is 8.78 Å². The summed E-state index contributed by atoms with van der Waals surface area (Å²) in [5.74, 6) is -1.46. The number of piperidine rings is 1. The first-order valence-corrected chi connectivity index (χ1v) is 17.8. The van der Waals surface area contributed by atoms with Crippen molar-refractivity contribution in [3.63, 3.8) is 0 Å². The van der Waals surface area contributed by atoms with E-state index in [2.05, 4.69) is 29.4 Å². The minimum absolute atomic E-state index is 0.172. The minimum Gasteiger partial charge on any atom is -0.481 e. The van der Waals surface area contributed by atoms with E-state index in [0.717, 1.165) is 35.2 Å². The molecule has 2 aromatic carbocycles. The Balaban J connectivity index is 0.000000263. The van der Waals surface area contributed by atoms with Crippen molar-refractivity contribution < 1.29 is 28.3 Å². The number of carboxylic acids is 1. The number of aryl methyl sites for hydroxylation is 3. The number of nitrogens with one attached hydrogen (secondary N) is 2. The van der Waals surface area contributed by atoms with Crippen LogP contribution in [0, 0.1) is 38.3 Å². The SMILES string of the molecule is C=O.CC(C)CCNC(=O)c1cccn(CCN2C3CCCC2CC3)c1=O.CNC(CC(=O)O)c1cc(-c2c(C)cc(F)cc2C)cc(C)c1F. The van der Waals surface area contributed by atoms with E-state index in [1.807, 2.05) is 12.9 Å². The smallest absolute Gasteiger partial charge is 0.305 e. The quantitative estimate of drug-likeness (QED) is 0.191. The second-order valence-electron chi connectivity index (χ2n) is 14.0. The first-order chi connectivity index (χ1) is 24.3. The standard InChI is InChI=1S/C20H31N3O2.C19H21F2NO2.CH2O/c1-15(2)10-11-21-19(24)18-7-4-12-22(20(18)25)13-14-23-16-5-3-6-17(23)9-8-16;1-10-6-14(20)7-11(2)18(10)13-5-12(3)19(21)15(8-13)16(22-4)9-17(23)24;1-2/h4,7,12,15-17H,3,5-6,8-11,13-14H2,1-2H3,(H,21,24);5-8,16,22H,9H2,1-4H3,(H,23,24);1H2. The van der Waals surface area contributed by atoms with Gasteiger partial charge in [0.15, 0.2) is 0 Å². The van der Waals surface area contributed by atoms with Crippen molar-refractivity contribution in [1.29, 1.82) is 0 Å². The number of hydrogen-bond acceptors (Lipinski definition) is 6. The summed E-state index contributed by atoms with van der Waals surface area (Å²) < 4.78 is 29.8. The lowest BCUT2D eigenvalue weighted by atomic mass is 9.90. The Labute approximate surface area is 300 Å². The molecule has 3 N–H and O–H groups in total. The maximum Gasteiger partial charge on any atom is 0.305 e. The Hall–Kier alpha value is -4.22. The third-order valence-electron chi connectivity index (χ3n) is 9.89. The Morgan fingerprint density at radius 2 is 1.59 bits per heavy atom. The van der Waals surface area contributed by atoms with Crippen LogP contribution >= 0.6 is 0 Å². The van der Waals surface area contributed by atoms with E-state index in [1.54, 1.807) is 56.8 Å². The van der Waals surface area contributed by atoms with Crippen LogP contribution in [0.4, 0.5) is 8.78 Å². The molecule has 0 radical (unpaired) electrons. The molecule has 9 nitrogen and oxygen atoms in total. The lowest BCUT2D eigenvalue weighted by molar-refractivity contribution is -0.137. The fourth-order valence-corrected chi connectivity index (χ4v) is 7.37. The highest BCUT2D eigenvalue weighted by Gasteiger charge is 2.35. The van der Waals surface area contributed by atoms with Crippen molar-refractivity contribution in [3.8, 4) is 11.1 Å². The number of carbonyl (C=O) groups is 3. The molecule has 278 valence electrons. The topological polar surface area (TPSA) is 121 Å². The van der Waals surface area contributed by atoms with Gasteiger partial charge in [-0.05, 0) is 130 Å². The highest BCUT2D eigenvalue weighted by molar-refractivity contribution is 5.93. The second kappa shape index (κ2) is 19.4. The number of benzene rings is 2. The number of rotatable bonds is 12. The molecule has 3 aromatic rings. The maximum absolute atomic E-state index is 14.6. The largest absolute Gasteiger partial charge is 0.481 e. The first kappa shape index (κ1) is 41.2. The molecule has 2 saturated heterocycles. The zero-order valence-corrected chi connectivity index (χ0v) is 30.9. The van der Waals surface area contributed by atoms with Gasteiger partial charge in [0.25, 0.3) is 11.5 Å². The summed E-state index contributed by atoms with van der Waals surface area (Å²) in [5, 5.41) is 14.8.